The highest BCUT2D eigenvalue weighted by Gasteiger charge is 2.34. The van der Waals surface area contributed by atoms with Gasteiger partial charge in [0.2, 0.25) is 0 Å². The van der Waals surface area contributed by atoms with Crippen molar-refractivity contribution in [1.82, 2.24) is 0 Å². The minimum absolute atomic E-state index is 0.336. The molecule has 0 fully saturated rings. The van der Waals surface area contributed by atoms with Crippen LogP contribution in [0.4, 0.5) is 0 Å². The first-order chi connectivity index (χ1) is 8.48. The van der Waals surface area contributed by atoms with Gasteiger partial charge < -0.3 is 9.84 Å². The van der Waals surface area contributed by atoms with Crippen molar-refractivity contribution in [2.75, 3.05) is 0 Å². The molecule has 2 aromatic rings. The molecule has 0 spiro atoms. The summed E-state index contributed by atoms with van der Waals surface area (Å²) in [4.78, 5) is 0. The third kappa shape index (κ3) is 1.82. The lowest BCUT2D eigenvalue weighted by atomic mass is 9.90. The zero-order chi connectivity index (χ0) is 12.9. The summed E-state index contributed by atoms with van der Waals surface area (Å²) in [6.45, 7) is 4.00. The molecule has 2 aromatic carbocycles. The van der Waals surface area contributed by atoms with Crippen molar-refractivity contribution in [3.05, 3.63) is 40.4 Å². The zero-order valence-electron chi connectivity index (χ0n) is 10.4. The van der Waals surface area contributed by atoms with Crippen LogP contribution in [0.3, 0.4) is 0 Å². The third-order valence-electron chi connectivity index (χ3n) is 3.39. The van der Waals surface area contributed by atoms with Crippen molar-refractivity contribution >= 4 is 26.7 Å². The predicted molar refractivity (Wildman–Crippen MR) is 75.9 cm³/mol. The number of ether oxygens (including phenoxy) is 1. The molecule has 1 aliphatic rings. The number of rotatable bonds is 0. The van der Waals surface area contributed by atoms with Gasteiger partial charge in [-0.2, -0.15) is 0 Å². The molecule has 3 rings (SSSR count). The van der Waals surface area contributed by atoms with Crippen molar-refractivity contribution in [2.45, 2.75) is 32.0 Å². The molecule has 1 heterocycles. The first-order valence-corrected chi connectivity index (χ1v) is 6.85. The van der Waals surface area contributed by atoms with Crippen LogP contribution in [0.5, 0.6) is 5.75 Å². The lowest BCUT2D eigenvalue weighted by molar-refractivity contribution is 0.0111. The maximum atomic E-state index is 10.3. The van der Waals surface area contributed by atoms with Crippen LogP contribution >= 0.6 is 15.9 Å². The van der Waals surface area contributed by atoms with Crippen LogP contribution in [0.1, 0.15) is 31.9 Å². The van der Waals surface area contributed by atoms with Gasteiger partial charge in [0.05, 0.1) is 10.6 Å². The second-order valence-electron chi connectivity index (χ2n) is 5.41. The monoisotopic (exact) mass is 306 g/mol. The van der Waals surface area contributed by atoms with Gasteiger partial charge in [-0.1, -0.05) is 24.3 Å². The first-order valence-electron chi connectivity index (χ1n) is 6.06. The third-order valence-corrected chi connectivity index (χ3v) is 4.18. The van der Waals surface area contributed by atoms with Gasteiger partial charge in [0, 0.05) is 12.0 Å². The van der Waals surface area contributed by atoms with Crippen LogP contribution in [0.15, 0.2) is 34.8 Å². The van der Waals surface area contributed by atoms with Gasteiger partial charge >= 0.3 is 0 Å². The fourth-order valence-corrected chi connectivity index (χ4v) is 3.22. The summed E-state index contributed by atoms with van der Waals surface area (Å²) in [5, 5.41) is 12.5. The summed E-state index contributed by atoms with van der Waals surface area (Å²) in [5.41, 5.74) is 0.539. The number of benzene rings is 2. The number of aliphatic hydroxyl groups is 1. The Hall–Kier alpha value is -1.06. The Balaban J connectivity index is 2.30. The van der Waals surface area contributed by atoms with Crippen LogP contribution < -0.4 is 4.74 Å². The summed E-state index contributed by atoms with van der Waals surface area (Å²) in [6, 6.07) is 10.1. The van der Waals surface area contributed by atoms with Crippen molar-refractivity contribution < 1.29 is 9.84 Å². The summed E-state index contributed by atoms with van der Waals surface area (Å²) in [6.07, 6.45) is 0.148. The lowest BCUT2D eigenvalue weighted by Crippen LogP contribution is -2.35. The second-order valence-corrected chi connectivity index (χ2v) is 6.20. The maximum Gasteiger partial charge on any atom is 0.140 e. The fraction of sp³-hybridized carbons (Fsp3) is 0.333. The summed E-state index contributed by atoms with van der Waals surface area (Å²) in [7, 11) is 0. The van der Waals surface area contributed by atoms with Gasteiger partial charge in [-0.3, -0.25) is 0 Å². The van der Waals surface area contributed by atoms with Crippen molar-refractivity contribution in [3.63, 3.8) is 0 Å². The Bertz CT molecular complexity index is 619. The van der Waals surface area contributed by atoms with Crippen LogP contribution in [0.25, 0.3) is 10.8 Å². The molecule has 1 aliphatic heterocycles. The minimum atomic E-state index is -0.468. The van der Waals surface area contributed by atoms with E-state index in [1.54, 1.807) is 0 Å². The molecule has 0 aromatic heterocycles. The Morgan fingerprint density at radius 3 is 2.83 bits per heavy atom. The van der Waals surface area contributed by atoms with E-state index >= 15 is 0 Å². The van der Waals surface area contributed by atoms with Crippen LogP contribution in [-0.4, -0.2) is 10.7 Å². The maximum absolute atomic E-state index is 10.3. The fourth-order valence-electron chi connectivity index (χ4n) is 2.55. The van der Waals surface area contributed by atoms with Crippen molar-refractivity contribution in [1.29, 1.82) is 0 Å². The second kappa shape index (κ2) is 3.97. The molecule has 2 nitrogen and oxygen atoms in total. The van der Waals surface area contributed by atoms with Gasteiger partial charge in [0.25, 0.3) is 0 Å². The molecule has 18 heavy (non-hydrogen) atoms. The number of hydrogen-bond donors (Lipinski definition) is 1. The molecule has 1 unspecified atom stereocenters. The van der Waals surface area contributed by atoms with E-state index in [1.165, 1.54) is 0 Å². The summed E-state index contributed by atoms with van der Waals surface area (Å²) >= 11 is 3.61. The van der Waals surface area contributed by atoms with E-state index in [1.807, 2.05) is 38.1 Å². The molecule has 3 heteroatoms. The Kier molecular flexibility index (Phi) is 2.65. The smallest absolute Gasteiger partial charge is 0.140 e. The van der Waals surface area contributed by atoms with Crippen molar-refractivity contribution in [3.8, 4) is 5.75 Å². The molecule has 94 valence electrons. The SMILES string of the molecule is CC1(C)CC(O)c2cc3ccccc3c(Br)c2O1. The Morgan fingerprint density at radius 1 is 1.33 bits per heavy atom. The number of aliphatic hydroxyl groups excluding tert-OH is 1. The molecule has 0 amide bonds. The minimum Gasteiger partial charge on any atom is -0.486 e. The lowest BCUT2D eigenvalue weighted by Gasteiger charge is -2.36. The number of halogens is 1. The number of hydrogen-bond acceptors (Lipinski definition) is 2. The van der Waals surface area contributed by atoms with Crippen LogP contribution in [-0.2, 0) is 0 Å². The predicted octanol–water partition coefficient (Wildman–Crippen LogP) is 4.20. The van der Waals surface area contributed by atoms with Gasteiger partial charge in [-0.15, -0.1) is 0 Å². The quantitative estimate of drug-likeness (QED) is 0.790. The standard InChI is InChI=1S/C15H15BrO2/c1-15(2)8-12(17)11-7-9-5-3-4-6-10(9)13(16)14(11)18-15/h3-7,12,17H,8H2,1-2H3. The summed E-state index contributed by atoms with van der Waals surface area (Å²) < 4.78 is 6.95. The molecule has 0 aliphatic carbocycles. The largest absolute Gasteiger partial charge is 0.486 e. The molecular formula is C15H15BrO2. The highest BCUT2D eigenvalue weighted by molar-refractivity contribution is 9.10. The van der Waals surface area contributed by atoms with E-state index in [0.29, 0.717) is 6.42 Å². The van der Waals surface area contributed by atoms with Gasteiger partial charge in [-0.05, 0) is 46.6 Å². The van der Waals surface area contributed by atoms with E-state index in [2.05, 4.69) is 22.0 Å². The molecular weight excluding hydrogens is 292 g/mol. The molecule has 0 saturated carbocycles. The summed E-state index contributed by atoms with van der Waals surface area (Å²) in [5.74, 6) is 0.775. The molecule has 0 radical (unpaired) electrons. The van der Waals surface area contributed by atoms with E-state index in [9.17, 15) is 5.11 Å². The molecule has 1 N–H and O–H groups in total. The van der Waals surface area contributed by atoms with Gasteiger partial charge in [0.15, 0.2) is 0 Å². The Labute approximate surface area is 115 Å². The van der Waals surface area contributed by atoms with Crippen molar-refractivity contribution in [2.24, 2.45) is 0 Å². The van der Waals surface area contributed by atoms with E-state index in [-0.39, 0.29) is 5.60 Å². The van der Waals surface area contributed by atoms with E-state index in [4.69, 9.17) is 4.74 Å². The van der Waals surface area contributed by atoms with E-state index in [0.717, 1.165) is 26.6 Å². The topological polar surface area (TPSA) is 29.5 Å². The highest BCUT2D eigenvalue weighted by Crippen LogP contribution is 2.46. The number of fused-ring (bicyclic) bond motifs is 2. The highest BCUT2D eigenvalue weighted by atomic mass is 79.9. The van der Waals surface area contributed by atoms with E-state index < -0.39 is 6.10 Å². The van der Waals surface area contributed by atoms with Crippen LogP contribution in [0, 0.1) is 0 Å². The molecule has 0 saturated heterocycles. The Morgan fingerprint density at radius 2 is 2.06 bits per heavy atom. The van der Waals surface area contributed by atoms with Crippen LogP contribution in [0.2, 0.25) is 0 Å². The van der Waals surface area contributed by atoms with Gasteiger partial charge in [-0.25, -0.2) is 0 Å². The zero-order valence-corrected chi connectivity index (χ0v) is 12.0. The average molecular weight is 307 g/mol. The molecule has 0 bridgehead atoms. The average Bonchev–Trinajstić information content (AvgIpc) is 2.30. The first kappa shape index (κ1) is 12.0. The normalized spacial score (nSPS) is 21.4. The molecule has 1 atom stereocenters. The van der Waals surface area contributed by atoms with Gasteiger partial charge in [0.1, 0.15) is 11.4 Å².